The molecule has 1 aromatic heterocycles. The zero-order valence-corrected chi connectivity index (χ0v) is 10.7. The molecule has 0 radical (unpaired) electrons. The van der Waals surface area contributed by atoms with Gasteiger partial charge < -0.3 is 10.4 Å². The lowest BCUT2D eigenvalue weighted by Gasteiger charge is -2.07. The number of nitrogens with zero attached hydrogens (tertiary/aromatic N) is 2. The summed E-state index contributed by atoms with van der Waals surface area (Å²) >= 11 is 0. The molecule has 1 amide bonds. The van der Waals surface area contributed by atoms with Gasteiger partial charge in [-0.1, -0.05) is 11.8 Å². The van der Waals surface area contributed by atoms with Gasteiger partial charge in [-0.2, -0.15) is 5.10 Å². The molecule has 102 valence electrons. The lowest BCUT2D eigenvalue weighted by molar-refractivity contribution is 0.101. The highest BCUT2D eigenvalue weighted by Crippen LogP contribution is 2.17. The van der Waals surface area contributed by atoms with Crippen LogP contribution >= 0.6 is 0 Å². The van der Waals surface area contributed by atoms with Crippen molar-refractivity contribution in [2.75, 3.05) is 11.9 Å². The van der Waals surface area contributed by atoms with Crippen LogP contribution in [0.15, 0.2) is 30.5 Å². The minimum absolute atomic E-state index is 0.301. The topological polar surface area (TPSA) is 67.2 Å². The fraction of sp³-hybridized carbons (Fsp3) is 0.143. The minimum Gasteiger partial charge on any atom is -0.384 e. The maximum atomic E-state index is 13.2. The molecular formula is C14H12FN3O2. The van der Waals surface area contributed by atoms with Gasteiger partial charge in [-0.05, 0) is 24.3 Å². The lowest BCUT2D eigenvalue weighted by Crippen LogP contribution is -2.16. The molecule has 6 heteroatoms. The Balaban J connectivity index is 2.29. The number of aliphatic hydroxyl groups excluding tert-OH is 1. The number of hydrogen-bond donors (Lipinski definition) is 2. The number of carbonyl (C=O) groups is 1. The first-order chi connectivity index (χ1) is 9.61. The molecule has 1 heterocycles. The van der Waals surface area contributed by atoms with E-state index in [1.807, 2.05) is 0 Å². The van der Waals surface area contributed by atoms with Crippen LogP contribution in [-0.2, 0) is 7.05 Å². The van der Waals surface area contributed by atoms with Crippen LogP contribution in [0.1, 0.15) is 16.1 Å². The fourth-order valence-electron chi connectivity index (χ4n) is 1.65. The Kier molecular flexibility index (Phi) is 4.13. The number of aryl methyl sites for hydroxylation is 1. The average Bonchev–Trinajstić information content (AvgIpc) is 2.85. The summed E-state index contributed by atoms with van der Waals surface area (Å²) in [5.74, 6) is 4.17. The van der Waals surface area contributed by atoms with Gasteiger partial charge in [-0.15, -0.1) is 0 Å². The van der Waals surface area contributed by atoms with Crippen LogP contribution in [0.4, 0.5) is 10.1 Å². The Labute approximate surface area is 115 Å². The third-order valence-electron chi connectivity index (χ3n) is 2.59. The summed E-state index contributed by atoms with van der Waals surface area (Å²) in [6, 6.07) is 5.41. The number of halogens is 1. The van der Waals surface area contributed by atoms with E-state index < -0.39 is 5.82 Å². The van der Waals surface area contributed by atoms with Crippen molar-refractivity contribution in [1.82, 2.24) is 9.78 Å². The predicted octanol–water partition coefficient (Wildman–Crippen LogP) is 1.16. The van der Waals surface area contributed by atoms with E-state index in [4.69, 9.17) is 5.11 Å². The number of carbonyl (C=O) groups excluding carboxylic acids is 1. The van der Waals surface area contributed by atoms with Crippen LogP contribution in [0.25, 0.3) is 0 Å². The van der Waals surface area contributed by atoms with E-state index in [1.165, 1.54) is 29.1 Å². The lowest BCUT2D eigenvalue weighted by atomic mass is 10.1. The van der Waals surface area contributed by atoms with Crippen LogP contribution in [-0.4, -0.2) is 27.4 Å². The quantitative estimate of drug-likeness (QED) is 0.807. The van der Waals surface area contributed by atoms with Gasteiger partial charge in [0, 0.05) is 13.2 Å². The molecule has 0 fully saturated rings. The van der Waals surface area contributed by atoms with E-state index in [0.29, 0.717) is 16.9 Å². The normalized spacial score (nSPS) is 9.75. The number of aromatic nitrogens is 2. The van der Waals surface area contributed by atoms with E-state index >= 15 is 0 Å². The largest absolute Gasteiger partial charge is 0.384 e. The zero-order valence-electron chi connectivity index (χ0n) is 10.7. The summed E-state index contributed by atoms with van der Waals surface area (Å²) in [7, 11) is 1.64. The first kappa shape index (κ1) is 13.8. The molecule has 5 nitrogen and oxygen atoms in total. The number of hydrogen-bond acceptors (Lipinski definition) is 3. The van der Waals surface area contributed by atoms with Crippen molar-refractivity contribution < 1.29 is 14.3 Å². The number of benzene rings is 1. The van der Waals surface area contributed by atoms with Crippen molar-refractivity contribution in [3.8, 4) is 11.8 Å². The third-order valence-corrected chi connectivity index (χ3v) is 2.59. The molecule has 1 aromatic carbocycles. The van der Waals surface area contributed by atoms with Crippen LogP contribution in [0.5, 0.6) is 0 Å². The number of nitrogens with one attached hydrogen (secondary N) is 1. The van der Waals surface area contributed by atoms with Crippen molar-refractivity contribution in [3.63, 3.8) is 0 Å². The van der Waals surface area contributed by atoms with Crippen molar-refractivity contribution >= 4 is 11.6 Å². The fourth-order valence-corrected chi connectivity index (χ4v) is 1.65. The van der Waals surface area contributed by atoms with Crippen LogP contribution in [0.2, 0.25) is 0 Å². The van der Waals surface area contributed by atoms with E-state index in [9.17, 15) is 9.18 Å². The molecule has 0 bridgehead atoms. The molecule has 20 heavy (non-hydrogen) atoms. The molecule has 0 atom stereocenters. The Morgan fingerprint density at radius 1 is 1.50 bits per heavy atom. The molecule has 0 saturated heterocycles. The molecule has 0 aliphatic rings. The summed E-state index contributed by atoms with van der Waals surface area (Å²) in [5.41, 5.74) is 1.04. The SMILES string of the molecule is Cn1nccc1C(=O)Nc1ccc(F)cc1C#CCO. The molecule has 2 aromatic rings. The summed E-state index contributed by atoms with van der Waals surface area (Å²) < 4.78 is 14.6. The van der Waals surface area contributed by atoms with E-state index in [1.54, 1.807) is 13.1 Å². The summed E-state index contributed by atoms with van der Waals surface area (Å²) in [6.45, 7) is -0.342. The van der Waals surface area contributed by atoms with Gasteiger partial charge >= 0.3 is 0 Å². The molecule has 0 saturated carbocycles. The number of rotatable bonds is 2. The Bertz CT molecular complexity index is 698. The van der Waals surface area contributed by atoms with Crippen molar-refractivity contribution in [2.24, 2.45) is 7.05 Å². The highest BCUT2D eigenvalue weighted by Gasteiger charge is 2.12. The third kappa shape index (κ3) is 3.02. The number of aliphatic hydroxyl groups is 1. The van der Waals surface area contributed by atoms with E-state index in [-0.39, 0.29) is 12.5 Å². The Morgan fingerprint density at radius 3 is 2.95 bits per heavy atom. The van der Waals surface area contributed by atoms with Gasteiger partial charge in [0.1, 0.15) is 18.1 Å². The molecule has 0 aliphatic carbocycles. The minimum atomic E-state index is -0.467. The smallest absolute Gasteiger partial charge is 0.273 e. The van der Waals surface area contributed by atoms with Gasteiger partial charge in [0.25, 0.3) is 5.91 Å². The molecule has 2 rings (SSSR count). The second-order valence-corrected chi connectivity index (χ2v) is 3.94. The zero-order chi connectivity index (χ0) is 14.5. The highest BCUT2D eigenvalue weighted by atomic mass is 19.1. The summed E-state index contributed by atoms with van der Waals surface area (Å²) in [6.07, 6.45) is 1.51. The number of anilines is 1. The maximum absolute atomic E-state index is 13.2. The maximum Gasteiger partial charge on any atom is 0.273 e. The van der Waals surface area contributed by atoms with Crippen LogP contribution in [0.3, 0.4) is 0 Å². The summed E-state index contributed by atoms with van der Waals surface area (Å²) in [5, 5.41) is 15.2. The second-order valence-electron chi connectivity index (χ2n) is 3.94. The van der Waals surface area contributed by atoms with Gasteiger partial charge in [0.15, 0.2) is 0 Å². The highest BCUT2D eigenvalue weighted by molar-refractivity contribution is 6.03. The first-order valence-electron chi connectivity index (χ1n) is 5.80. The average molecular weight is 273 g/mol. The van der Waals surface area contributed by atoms with Crippen molar-refractivity contribution in [1.29, 1.82) is 0 Å². The molecular weight excluding hydrogens is 261 g/mol. The predicted molar refractivity (Wildman–Crippen MR) is 71.5 cm³/mol. The summed E-state index contributed by atoms with van der Waals surface area (Å²) in [4.78, 5) is 12.0. The molecule has 2 N–H and O–H groups in total. The monoisotopic (exact) mass is 273 g/mol. The Morgan fingerprint density at radius 2 is 2.30 bits per heavy atom. The van der Waals surface area contributed by atoms with Crippen LogP contribution < -0.4 is 5.32 Å². The first-order valence-corrected chi connectivity index (χ1v) is 5.80. The van der Waals surface area contributed by atoms with E-state index in [2.05, 4.69) is 22.3 Å². The van der Waals surface area contributed by atoms with Gasteiger partial charge in [0.05, 0.1) is 11.3 Å². The molecule has 0 unspecified atom stereocenters. The van der Waals surface area contributed by atoms with Crippen molar-refractivity contribution in [3.05, 3.63) is 47.5 Å². The molecule has 0 spiro atoms. The van der Waals surface area contributed by atoms with E-state index in [0.717, 1.165) is 0 Å². The van der Waals surface area contributed by atoms with Crippen LogP contribution in [0, 0.1) is 17.7 Å². The number of amides is 1. The molecule has 0 aliphatic heterocycles. The second kappa shape index (κ2) is 5.99. The standard InChI is InChI=1S/C14H12FN3O2/c1-18-13(6-7-16-18)14(20)17-12-5-4-11(15)9-10(12)3-2-8-19/h4-7,9,19H,8H2,1H3,(H,17,20). The van der Waals surface area contributed by atoms with Gasteiger partial charge in [-0.3, -0.25) is 9.48 Å². The van der Waals surface area contributed by atoms with Crippen molar-refractivity contribution in [2.45, 2.75) is 0 Å². The van der Waals surface area contributed by atoms with Gasteiger partial charge in [0.2, 0.25) is 0 Å². The Hall–Kier alpha value is -2.65. The van der Waals surface area contributed by atoms with Gasteiger partial charge in [-0.25, -0.2) is 4.39 Å².